The Morgan fingerprint density at radius 1 is 0.365 bits per heavy atom. The summed E-state index contributed by atoms with van der Waals surface area (Å²) in [5, 5.41) is 9.77. The molecule has 0 spiro atoms. The van der Waals surface area contributed by atoms with Crippen LogP contribution in [0, 0.1) is 0 Å². The second-order valence-corrected chi connectivity index (χ2v) is 14.8. The van der Waals surface area contributed by atoms with Gasteiger partial charge in [0.25, 0.3) is 0 Å². The average Bonchev–Trinajstić information content (AvgIpc) is 3.68. The highest BCUT2D eigenvalue weighted by molar-refractivity contribution is 6.23. The SMILES string of the molecule is CC1(C)c2ccccc2-c2ccc(-c3ccc(-c4c5ccccc5c(-c5ccc6oc7ccc8ccccc8c7c6c5)c5ccccc45)cc3)cc21. The van der Waals surface area contributed by atoms with Crippen LogP contribution in [0.2, 0.25) is 0 Å². The summed E-state index contributed by atoms with van der Waals surface area (Å²) in [4.78, 5) is 0. The van der Waals surface area contributed by atoms with E-state index in [2.05, 4.69) is 184 Å². The molecule has 0 radical (unpaired) electrons. The third-order valence-corrected chi connectivity index (χ3v) is 11.7. The molecular formula is C51H34O. The van der Waals surface area contributed by atoms with Crippen LogP contribution >= 0.6 is 0 Å². The minimum atomic E-state index is -0.0233. The summed E-state index contributed by atoms with van der Waals surface area (Å²) in [5.41, 5.74) is 14.8. The first-order chi connectivity index (χ1) is 25.5. The van der Waals surface area contributed by atoms with Crippen LogP contribution in [-0.4, -0.2) is 0 Å². The molecule has 0 aliphatic heterocycles. The van der Waals surface area contributed by atoms with Gasteiger partial charge >= 0.3 is 0 Å². The molecule has 0 bridgehead atoms. The van der Waals surface area contributed by atoms with Gasteiger partial charge in [-0.25, -0.2) is 0 Å². The summed E-state index contributed by atoms with van der Waals surface area (Å²) in [5.74, 6) is 0. The van der Waals surface area contributed by atoms with Gasteiger partial charge in [-0.15, -0.1) is 0 Å². The third kappa shape index (κ3) is 4.11. The van der Waals surface area contributed by atoms with E-state index >= 15 is 0 Å². The molecule has 0 unspecified atom stereocenters. The molecule has 9 aromatic carbocycles. The number of furan rings is 1. The van der Waals surface area contributed by atoms with Crippen LogP contribution in [0.4, 0.5) is 0 Å². The lowest BCUT2D eigenvalue weighted by Gasteiger charge is -2.22. The fourth-order valence-corrected chi connectivity index (χ4v) is 9.17. The summed E-state index contributed by atoms with van der Waals surface area (Å²) in [7, 11) is 0. The maximum atomic E-state index is 6.39. The highest BCUT2D eigenvalue weighted by Crippen LogP contribution is 2.50. The monoisotopic (exact) mass is 662 g/mol. The Kier molecular flexibility index (Phi) is 6.08. The Hall–Kier alpha value is -6.44. The van der Waals surface area contributed by atoms with Gasteiger partial charge < -0.3 is 4.42 Å². The van der Waals surface area contributed by atoms with E-state index in [-0.39, 0.29) is 5.41 Å². The van der Waals surface area contributed by atoms with Crippen LogP contribution in [-0.2, 0) is 5.41 Å². The predicted molar refractivity (Wildman–Crippen MR) is 220 cm³/mol. The minimum absolute atomic E-state index is 0.0233. The van der Waals surface area contributed by atoms with Crippen LogP contribution in [0.1, 0.15) is 25.0 Å². The Labute approximate surface area is 302 Å². The molecule has 52 heavy (non-hydrogen) atoms. The van der Waals surface area contributed by atoms with Crippen LogP contribution < -0.4 is 0 Å². The minimum Gasteiger partial charge on any atom is -0.456 e. The molecule has 1 aliphatic rings. The molecule has 10 aromatic rings. The fraction of sp³-hybridized carbons (Fsp3) is 0.0588. The molecule has 1 heterocycles. The van der Waals surface area contributed by atoms with Crippen molar-refractivity contribution in [3.8, 4) is 44.5 Å². The van der Waals surface area contributed by atoms with Gasteiger partial charge in [0.15, 0.2) is 0 Å². The van der Waals surface area contributed by atoms with Crippen LogP contribution in [0.5, 0.6) is 0 Å². The Bertz CT molecular complexity index is 3030. The van der Waals surface area contributed by atoms with Gasteiger partial charge in [0.1, 0.15) is 11.2 Å². The third-order valence-electron chi connectivity index (χ3n) is 11.7. The molecule has 0 saturated carbocycles. The highest BCUT2D eigenvalue weighted by Gasteiger charge is 2.35. The summed E-state index contributed by atoms with van der Waals surface area (Å²) < 4.78 is 6.39. The van der Waals surface area contributed by atoms with Gasteiger partial charge in [-0.2, -0.15) is 0 Å². The van der Waals surface area contributed by atoms with Crippen molar-refractivity contribution in [2.75, 3.05) is 0 Å². The molecule has 11 rings (SSSR count). The molecule has 1 aromatic heterocycles. The molecule has 0 N–H and O–H groups in total. The Morgan fingerprint density at radius 2 is 0.904 bits per heavy atom. The molecule has 0 saturated heterocycles. The highest BCUT2D eigenvalue weighted by atomic mass is 16.3. The van der Waals surface area contributed by atoms with E-state index in [1.165, 1.54) is 93.3 Å². The molecule has 244 valence electrons. The summed E-state index contributed by atoms with van der Waals surface area (Å²) >= 11 is 0. The number of hydrogen-bond acceptors (Lipinski definition) is 1. The van der Waals surface area contributed by atoms with E-state index < -0.39 is 0 Å². The van der Waals surface area contributed by atoms with E-state index in [4.69, 9.17) is 4.42 Å². The molecule has 0 amide bonds. The first-order valence-electron chi connectivity index (χ1n) is 18.2. The molecule has 0 fully saturated rings. The van der Waals surface area contributed by atoms with Crippen LogP contribution in [0.25, 0.3) is 98.8 Å². The maximum Gasteiger partial charge on any atom is 0.136 e. The van der Waals surface area contributed by atoms with E-state index in [9.17, 15) is 0 Å². The van der Waals surface area contributed by atoms with Crippen molar-refractivity contribution >= 4 is 54.3 Å². The first kappa shape index (κ1) is 29.3. The second-order valence-electron chi connectivity index (χ2n) is 14.8. The zero-order valence-corrected chi connectivity index (χ0v) is 29.1. The normalized spacial score (nSPS) is 13.3. The van der Waals surface area contributed by atoms with Crippen LogP contribution in [0.3, 0.4) is 0 Å². The Morgan fingerprint density at radius 3 is 1.63 bits per heavy atom. The van der Waals surface area contributed by atoms with E-state index in [1.54, 1.807) is 0 Å². The molecule has 0 atom stereocenters. The van der Waals surface area contributed by atoms with Gasteiger partial charge in [0, 0.05) is 16.2 Å². The van der Waals surface area contributed by atoms with Crippen LogP contribution in [0.15, 0.2) is 174 Å². The fourth-order valence-electron chi connectivity index (χ4n) is 9.17. The van der Waals surface area contributed by atoms with Crippen molar-refractivity contribution in [3.05, 3.63) is 181 Å². The first-order valence-corrected chi connectivity index (χ1v) is 18.2. The van der Waals surface area contributed by atoms with Crippen molar-refractivity contribution in [1.29, 1.82) is 0 Å². The zero-order valence-electron chi connectivity index (χ0n) is 29.1. The number of rotatable bonds is 3. The molecule has 1 nitrogen and oxygen atoms in total. The maximum absolute atomic E-state index is 6.39. The lowest BCUT2D eigenvalue weighted by molar-refractivity contribution is 0.660. The van der Waals surface area contributed by atoms with Gasteiger partial charge in [0.05, 0.1) is 0 Å². The topological polar surface area (TPSA) is 13.1 Å². The van der Waals surface area contributed by atoms with E-state index in [1.807, 2.05) is 0 Å². The Balaban J connectivity index is 1.07. The van der Waals surface area contributed by atoms with Crippen molar-refractivity contribution in [3.63, 3.8) is 0 Å². The van der Waals surface area contributed by atoms with Gasteiger partial charge in [-0.3, -0.25) is 0 Å². The average molecular weight is 663 g/mol. The summed E-state index contributed by atoms with van der Waals surface area (Å²) in [6.07, 6.45) is 0. The number of benzene rings is 9. The van der Waals surface area contributed by atoms with E-state index in [0.29, 0.717) is 0 Å². The van der Waals surface area contributed by atoms with E-state index in [0.717, 1.165) is 16.6 Å². The largest absolute Gasteiger partial charge is 0.456 e. The number of fused-ring (bicyclic) bond motifs is 10. The quantitative estimate of drug-likeness (QED) is 0.172. The van der Waals surface area contributed by atoms with Gasteiger partial charge in [0.2, 0.25) is 0 Å². The number of hydrogen-bond donors (Lipinski definition) is 0. The van der Waals surface area contributed by atoms with Crippen molar-refractivity contribution in [1.82, 2.24) is 0 Å². The predicted octanol–water partition coefficient (Wildman–Crippen LogP) is 14.4. The van der Waals surface area contributed by atoms with Crippen molar-refractivity contribution in [2.24, 2.45) is 0 Å². The zero-order chi connectivity index (χ0) is 34.6. The smallest absolute Gasteiger partial charge is 0.136 e. The van der Waals surface area contributed by atoms with Gasteiger partial charge in [-0.05, 0) is 112 Å². The van der Waals surface area contributed by atoms with Gasteiger partial charge in [-0.1, -0.05) is 159 Å². The standard InChI is InChI=1S/C51H34O/c1-51(2)44-18-10-9-13-37(44)38-26-23-34(30-45(38)51)31-19-21-33(22-20-31)48-39-14-5-7-16-41(39)49(42-17-8-6-15-40(42)48)35-25-27-46-43(29-35)50-36-12-4-3-11-32(36)24-28-47(50)52-46/h3-30H,1-2H3. The lowest BCUT2D eigenvalue weighted by Crippen LogP contribution is -2.14. The van der Waals surface area contributed by atoms with Crippen molar-refractivity contribution < 1.29 is 4.42 Å². The molecular weight excluding hydrogens is 629 g/mol. The molecule has 1 aliphatic carbocycles. The van der Waals surface area contributed by atoms with Crippen molar-refractivity contribution in [2.45, 2.75) is 19.3 Å². The second kappa shape index (κ2) is 10.8. The summed E-state index contributed by atoms with van der Waals surface area (Å²) in [6.45, 7) is 4.70. The molecule has 1 heteroatoms. The lowest BCUT2D eigenvalue weighted by atomic mass is 9.81. The summed E-state index contributed by atoms with van der Waals surface area (Å²) in [6, 6.07) is 62.5.